The first kappa shape index (κ1) is 15.0. The SMILES string of the molecule is CC(C)c1ccccc1OCCC(CN)N(C)C. The number of ether oxygens (including phenoxy) is 1. The third-order valence-corrected chi connectivity index (χ3v) is 3.25. The third kappa shape index (κ3) is 4.31. The summed E-state index contributed by atoms with van der Waals surface area (Å²) in [7, 11) is 4.11. The topological polar surface area (TPSA) is 38.5 Å². The summed E-state index contributed by atoms with van der Waals surface area (Å²) >= 11 is 0. The van der Waals surface area contributed by atoms with Gasteiger partial charge in [-0.1, -0.05) is 32.0 Å². The maximum atomic E-state index is 5.90. The minimum absolute atomic E-state index is 0.385. The summed E-state index contributed by atoms with van der Waals surface area (Å²) in [5.41, 5.74) is 7.00. The van der Waals surface area contributed by atoms with Crippen LogP contribution in [0.2, 0.25) is 0 Å². The highest BCUT2D eigenvalue weighted by Crippen LogP contribution is 2.25. The van der Waals surface area contributed by atoms with Crippen LogP contribution in [0.25, 0.3) is 0 Å². The number of rotatable bonds is 7. The molecule has 0 radical (unpaired) electrons. The van der Waals surface area contributed by atoms with E-state index in [1.165, 1.54) is 5.56 Å². The van der Waals surface area contributed by atoms with Gasteiger partial charge < -0.3 is 15.4 Å². The van der Waals surface area contributed by atoms with E-state index in [0.717, 1.165) is 12.2 Å². The normalized spacial score (nSPS) is 13.1. The summed E-state index contributed by atoms with van der Waals surface area (Å²) in [4.78, 5) is 2.15. The second kappa shape index (κ2) is 7.39. The lowest BCUT2D eigenvalue weighted by Gasteiger charge is -2.23. The molecule has 3 heteroatoms. The Morgan fingerprint density at radius 1 is 1.22 bits per heavy atom. The van der Waals surface area contributed by atoms with E-state index in [2.05, 4.69) is 45.0 Å². The summed E-state index contributed by atoms with van der Waals surface area (Å²) in [6, 6.07) is 8.64. The molecule has 1 rings (SSSR count). The fraction of sp³-hybridized carbons (Fsp3) is 0.600. The largest absolute Gasteiger partial charge is 0.493 e. The number of nitrogens with zero attached hydrogens (tertiary/aromatic N) is 1. The van der Waals surface area contributed by atoms with E-state index in [1.807, 2.05) is 12.1 Å². The predicted molar refractivity (Wildman–Crippen MR) is 77.2 cm³/mol. The highest BCUT2D eigenvalue weighted by molar-refractivity contribution is 5.35. The molecule has 0 spiro atoms. The molecular formula is C15H26N2O. The molecule has 0 saturated carbocycles. The molecule has 1 atom stereocenters. The average Bonchev–Trinajstić information content (AvgIpc) is 2.34. The van der Waals surface area contributed by atoms with E-state index in [0.29, 0.717) is 25.1 Å². The second-order valence-corrected chi connectivity index (χ2v) is 5.18. The monoisotopic (exact) mass is 250 g/mol. The van der Waals surface area contributed by atoms with Gasteiger partial charge in [0, 0.05) is 12.6 Å². The van der Waals surface area contributed by atoms with E-state index >= 15 is 0 Å². The van der Waals surface area contributed by atoms with E-state index in [4.69, 9.17) is 10.5 Å². The molecule has 0 aliphatic heterocycles. The molecule has 0 saturated heterocycles. The Morgan fingerprint density at radius 3 is 2.44 bits per heavy atom. The van der Waals surface area contributed by atoms with Gasteiger partial charge in [0.25, 0.3) is 0 Å². The molecule has 3 nitrogen and oxygen atoms in total. The van der Waals surface area contributed by atoms with Crippen LogP contribution in [-0.4, -0.2) is 38.2 Å². The molecule has 2 N–H and O–H groups in total. The van der Waals surface area contributed by atoms with Gasteiger partial charge in [-0.3, -0.25) is 0 Å². The van der Waals surface area contributed by atoms with Gasteiger partial charge in [-0.05, 0) is 38.1 Å². The van der Waals surface area contributed by atoms with Gasteiger partial charge in [0.15, 0.2) is 0 Å². The van der Waals surface area contributed by atoms with Crippen LogP contribution in [0.3, 0.4) is 0 Å². The van der Waals surface area contributed by atoms with Crippen LogP contribution in [0.1, 0.15) is 31.7 Å². The third-order valence-electron chi connectivity index (χ3n) is 3.25. The Balaban J connectivity index is 2.53. The molecular weight excluding hydrogens is 224 g/mol. The minimum Gasteiger partial charge on any atom is -0.493 e. The van der Waals surface area contributed by atoms with Crippen molar-refractivity contribution in [2.75, 3.05) is 27.2 Å². The standard InChI is InChI=1S/C15H26N2O/c1-12(2)14-7-5-6-8-15(14)18-10-9-13(11-16)17(3)4/h5-8,12-13H,9-11,16H2,1-4H3. The molecule has 1 unspecified atom stereocenters. The van der Waals surface area contributed by atoms with Crippen LogP contribution < -0.4 is 10.5 Å². The summed E-state index contributed by atoms with van der Waals surface area (Å²) in [6.45, 7) is 5.75. The van der Waals surface area contributed by atoms with Gasteiger partial charge >= 0.3 is 0 Å². The molecule has 0 bridgehead atoms. The molecule has 0 fully saturated rings. The lowest BCUT2D eigenvalue weighted by molar-refractivity contribution is 0.224. The van der Waals surface area contributed by atoms with E-state index < -0.39 is 0 Å². The summed E-state index contributed by atoms with van der Waals surface area (Å²) < 4.78 is 5.90. The summed E-state index contributed by atoms with van der Waals surface area (Å²) in [5, 5.41) is 0. The van der Waals surface area contributed by atoms with Gasteiger partial charge in [-0.2, -0.15) is 0 Å². The Labute approximate surface area is 111 Å². The van der Waals surface area contributed by atoms with Crippen LogP contribution in [-0.2, 0) is 0 Å². The van der Waals surface area contributed by atoms with Gasteiger partial charge in [0.1, 0.15) is 5.75 Å². The average molecular weight is 250 g/mol. The Bertz CT molecular complexity index is 350. The molecule has 1 aromatic carbocycles. The summed E-state index contributed by atoms with van der Waals surface area (Å²) in [5.74, 6) is 1.49. The van der Waals surface area contributed by atoms with Crippen molar-refractivity contribution in [3.8, 4) is 5.75 Å². The molecule has 0 aromatic heterocycles. The number of nitrogens with two attached hydrogens (primary N) is 1. The van der Waals surface area contributed by atoms with Crippen molar-refractivity contribution in [1.82, 2.24) is 4.90 Å². The number of likely N-dealkylation sites (N-methyl/N-ethyl adjacent to an activating group) is 1. The van der Waals surface area contributed by atoms with Crippen molar-refractivity contribution < 1.29 is 4.74 Å². The van der Waals surface area contributed by atoms with E-state index in [9.17, 15) is 0 Å². The van der Waals surface area contributed by atoms with Crippen molar-refractivity contribution in [2.24, 2.45) is 5.73 Å². The fourth-order valence-corrected chi connectivity index (χ4v) is 1.98. The fourth-order valence-electron chi connectivity index (χ4n) is 1.98. The van der Waals surface area contributed by atoms with Crippen LogP contribution >= 0.6 is 0 Å². The van der Waals surface area contributed by atoms with Crippen LogP contribution in [0.5, 0.6) is 5.75 Å². The number of para-hydroxylation sites is 1. The molecule has 1 aromatic rings. The van der Waals surface area contributed by atoms with Crippen molar-refractivity contribution in [2.45, 2.75) is 32.2 Å². The molecule has 0 aliphatic carbocycles. The molecule has 0 aliphatic rings. The number of benzene rings is 1. The van der Waals surface area contributed by atoms with Gasteiger partial charge in [0.05, 0.1) is 6.61 Å². The van der Waals surface area contributed by atoms with E-state index in [1.54, 1.807) is 0 Å². The Morgan fingerprint density at radius 2 is 1.89 bits per heavy atom. The van der Waals surface area contributed by atoms with Gasteiger partial charge in [0.2, 0.25) is 0 Å². The second-order valence-electron chi connectivity index (χ2n) is 5.18. The smallest absolute Gasteiger partial charge is 0.122 e. The molecule has 0 heterocycles. The Kier molecular flexibility index (Phi) is 6.16. The maximum Gasteiger partial charge on any atom is 0.122 e. The van der Waals surface area contributed by atoms with Crippen molar-refractivity contribution in [3.63, 3.8) is 0 Å². The van der Waals surface area contributed by atoms with Crippen molar-refractivity contribution >= 4 is 0 Å². The predicted octanol–water partition coefficient (Wildman–Crippen LogP) is 2.47. The lowest BCUT2D eigenvalue weighted by Crippen LogP contribution is -2.36. The first-order valence-electron chi connectivity index (χ1n) is 6.64. The number of hydrogen-bond acceptors (Lipinski definition) is 3. The zero-order valence-electron chi connectivity index (χ0n) is 12.0. The quantitative estimate of drug-likeness (QED) is 0.808. The summed E-state index contributed by atoms with van der Waals surface area (Å²) in [6.07, 6.45) is 0.954. The van der Waals surface area contributed by atoms with Crippen LogP contribution in [0.4, 0.5) is 0 Å². The van der Waals surface area contributed by atoms with Crippen LogP contribution in [0, 0.1) is 0 Å². The van der Waals surface area contributed by atoms with Gasteiger partial charge in [-0.15, -0.1) is 0 Å². The Hall–Kier alpha value is -1.06. The van der Waals surface area contributed by atoms with E-state index in [-0.39, 0.29) is 0 Å². The first-order chi connectivity index (χ1) is 8.56. The maximum absolute atomic E-state index is 5.90. The number of hydrogen-bond donors (Lipinski definition) is 1. The highest BCUT2D eigenvalue weighted by Gasteiger charge is 2.10. The van der Waals surface area contributed by atoms with Crippen LogP contribution in [0.15, 0.2) is 24.3 Å². The molecule has 18 heavy (non-hydrogen) atoms. The molecule has 102 valence electrons. The highest BCUT2D eigenvalue weighted by atomic mass is 16.5. The minimum atomic E-state index is 0.385. The first-order valence-corrected chi connectivity index (χ1v) is 6.64. The van der Waals surface area contributed by atoms with Crippen molar-refractivity contribution in [1.29, 1.82) is 0 Å². The van der Waals surface area contributed by atoms with Gasteiger partial charge in [-0.25, -0.2) is 0 Å². The molecule has 0 amide bonds. The zero-order chi connectivity index (χ0) is 13.5. The lowest BCUT2D eigenvalue weighted by atomic mass is 10.0. The zero-order valence-corrected chi connectivity index (χ0v) is 12.0. The van der Waals surface area contributed by atoms with Crippen molar-refractivity contribution in [3.05, 3.63) is 29.8 Å².